The topological polar surface area (TPSA) is 55.2 Å². The number of hydrogen-bond acceptors (Lipinski definition) is 4. The van der Waals surface area contributed by atoms with Crippen molar-refractivity contribution < 1.29 is 9.31 Å². The first-order valence-electron chi connectivity index (χ1n) is 5.40. The predicted molar refractivity (Wildman–Crippen MR) is 69.2 cm³/mol. The Morgan fingerprint density at radius 2 is 2.29 bits per heavy atom. The Morgan fingerprint density at radius 3 is 2.88 bits per heavy atom. The van der Waals surface area contributed by atoms with Crippen LogP contribution in [-0.4, -0.2) is 23.0 Å². The van der Waals surface area contributed by atoms with E-state index in [1.165, 1.54) is 12.1 Å². The number of thioether (sulfide) groups is 1. The van der Waals surface area contributed by atoms with Gasteiger partial charge in [0.05, 0.1) is 4.92 Å². The van der Waals surface area contributed by atoms with Crippen LogP contribution in [0.15, 0.2) is 18.2 Å². The van der Waals surface area contributed by atoms with Gasteiger partial charge in [-0.3, -0.25) is 10.1 Å². The Kier molecular flexibility index (Phi) is 5.76. The number of nitrogens with one attached hydrogen (secondary N) is 1. The highest BCUT2D eigenvalue weighted by molar-refractivity contribution is 7.99. The number of nitro groups is 1. The number of hydrogen-bond donors (Lipinski definition) is 1. The Morgan fingerprint density at radius 1 is 1.53 bits per heavy atom. The lowest BCUT2D eigenvalue weighted by molar-refractivity contribution is -0.387. The third kappa shape index (κ3) is 4.60. The van der Waals surface area contributed by atoms with Crippen LogP contribution in [-0.2, 0) is 0 Å². The average Bonchev–Trinajstić information content (AvgIpc) is 2.28. The van der Waals surface area contributed by atoms with E-state index in [-0.39, 0.29) is 0 Å². The molecule has 0 unspecified atom stereocenters. The molecule has 0 aromatic heterocycles. The van der Waals surface area contributed by atoms with Crippen LogP contribution in [0.3, 0.4) is 0 Å². The number of benzene rings is 1. The monoisotopic (exact) mass is 258 g/mol. The first kappa shape index (κ1) is 13.8. The summed E-state index contributed by atoms with van der Waals surface area (Å²) < 4.78 is 13.2. The van der Waals surface area contributed by atoms with E-state index in [0.717, 1.165) is 30.5 Å². The van der Waals surface area contributed by atoms with E-state index in [2.05, 4.69) is 12.2 Å². The Bertz CT molecular complexity index is 388. The van der Waals surface area contributed by atoms with Crippen LogP contribution >= 0.6 is 11.8 Å². The number of anilines is 1. The largest absolute Gasteiger partial charge is 0.385 e. The molecular weight excluding hydrogens is 243 g/mol. The van der Waals surface area contributed by atoms with Crippen molar-refractivity contribution in [3.8, 4) is 0 Å². The van der Waals surface area contributed by atoms with Gasteiger partial charge in [-0.15, -0.1) is 0 Å². The molecule has 0 saturated heterocycles. The van der Waals surface area contributed by atoms with E-state index < -0.39 is 16.4 Å². The molecule has 0 amide bonds. The summed E-state index contributed by atoms with van der Waals surface area (Å²) in [5.41, 5.74) is 0.0895. The maximum atomic E-state index is 13.2. The molecule has 0 aliphatic heterocycles. The molecule has 0 aliphatic carbocycles. The predicted octanol–water partition coefficient (Wildman–Crippen LogP) is 3.29. The molecule has 17 heavy (non-hydrogen) atoms. The van der Waals surface area contributed by atoms with E-state index in [9.17, 15) is 14.5 Å². The van der Waals surface area contributed by atoms with Gasteiger partial charge >= 0.3 is 5.69 Å². The van der Waals surface area contributed by atoms with Crippen LogP contribution in [0.25, 0.3) is 0 Å². The molecule has 1 N–H and O–H groups in total. The van der Waals surface area contributed by atoms with Crippen LogP contribution in [0.1, 0.15) is 13.3 Å². The van der Waals surface area contributed by atoms with Gasteiger partial charge in [-0.1, -0.05) is 6.92 Å². The first-order valence-corrected chi connectivity index (χ1v) is 6.56. The molecule has 0 atom stereocenters. The highest BCUT2D eigenvalue weighted by Crippen LogP contribution is 2.20. The van der Waals surface area contributed by atoms with Gasteiger partial charge in [0.25, 0.3) is 0 Å². The van der Waals surface area contributed by atoms with Gasteiger partial charge in [-0.05, 0) is 24.0 Å². The van der Waals surface area contributed by atoms with E-state index in [4.69, 9.17) is 0 Å². The van der Waals surface area contributed by atoms with Gasteiger partial charge in [-0.25, -0.2) is 0 Å². The van der Waals surface area contributed by atoms with E-state index in [1.807, 2.05) is 11.8 Å². The molecular formula is C11H15FN2O2S. The second kappa shape index (κ2) is 7.11. The van der Waals surface area contributed by atoms with Crippen LogP contribution in [0.4, 0.5) is 15.8 Å². The second-order valence-corrected chi connectivity index (χ2v) is 4.79. The molecule has 0 radical (unpaired) electrons. The highest BCUT2D eigenvalue weighted by atomic mass is 32.2. The fourth-order valence-electron chi connectivity index (χ4n) is 1.32. The minimum atomic E-state index is -0.803. The van der Waals surface area contributed by atoms with Crippen molar-refractivity contribution in [1.82, 2.24) is 0 Å². The van der Waals surface area contributed by atoms with Crippen molar-refractivity contribution in [3.63, 3.8) is 0 Å². The second-order valence-electron chi connectivity index (χ2n) is 3.40. The molecule has 4 nitrogen and oxygen atoms in total. The van der Waals surface area contributed by atoms with Crippen molar-refractivity contribution in [3.05, 3.63) is 34.1 Å². The number of halogens is 1. The molecule has 0 saturated carbocycles. The van der Waals surface area contributed by atoms with Crippen molar-refractivity contribution in [2.75, 3.05) is 23.4 Å². The van der Waals surface area contributed by atoms with E-state index >= 15 is 0 Å². The van der Waals surface area contributed by atoms with Gasteiger partial charge < -0.3 is 5.32 Å². The molecule has 1 aromatic carbocycles. The molecule has 1 rings (SSSR count). The SMILES string of the molecule is CCSCCCNc1ccc([N+](=O)[O-])c(F)c1. The standard InChI is InChI=1S/C11H15FN2O2S/c1-2-17-7-3-6-13-9-4-5-11(14(15)16)10(12)8-9/h4-5,8,13H,2-3,6-7H2,1H3. The van der Waals surface area contributed by atoms with Crippen molar-refractivity contribution in [2.45, 2.75) is 13.3 Å². The Labute approximate surface area is 104 Å². The summed E-state index contributed by atoms with van der Waals surface area (Å²) in [5.74, 6) is 1.34. The summed E-state index contributed by atoms with van der Waals surface area (Å²) >= 11 is 1.85. The lowest BCUT2D eigenvalue weighted by Gasteiger charge is -2.05. The average molecular weight is 258 g/mol. The van der Waals surface area contributed by atoms with Gasteiger partial charge in [0.1, 0.15) is 0 Å². The normalized spacial score (nSPS) is 10.2. The third-order valence-electron chi connectivity index (χ3n) is 2.14. The lowest BCUT2D eigenvalue weighted by Crippen LogP contribution is -2.03. The van der Waals surface area contributed by atoms with Crippen molar-refractivity contribution in [1.29, 1.82) is 0 Å². The zero-order valence-corrected chi connectivity index (χ0v) is 10.4. The summed E-state index contributed by atoms with van der Waals surface area (Å²) in [4.78, 5) is 9.68. The number of nitrogens with zero attached hydrogens (tertiary/aromatic N) is 1. The van der Waals surface area contributed by atoms with E-state index in [0.29, 0.717) is 5.69 Å². The first-order chi connectivity index (χ1) is 8.15. The summed E-state index contributed by atoms with van der Waals surface area (Å²) in [6.45, 7) is 2.84. The van der Waals surface area contributed by atoms with E-state index in [1.54, 1.807) is 0 Å². The zero-order chi connectivity index (χ0) is 12.7. The third-order valence-corrected chi connectivity index (χ3v) is 3.13. The van der Waals surface area contributed by atoms with Gasteiger partial charge in [0.2, 0.25) is 5.82 Å². The molecule has 0 spiro atoms. The molecule has 0 aliphatic rings. The minimum Gasteiger partial charge on any atom is -0.385 e. The number of nitro benzene ring substituents is 1. The maximum absolute atomic E-state index is 13.2. The summed E-state index contributed by atoms with van der Waals surface area (Å²) in [6.07, 6.45) is 0.983. The molecule has 0 bridgehead atoms. The smallest absolute Gasteiger partial charge is 0.304 e. The summed E-state index contributed by atoms with van der Waals surface area (Å²) in [7, 11) is 0. The van der Waals surface area contributed by atoms with Crippen LogP contribution < -0.4 is 5.32 Å². The fourth-order valence-corrected chi connectivity index (χ4v) is 1.95. The van der Waals surface area contributed by atoms with Gasteiger partial charge in [-0.2, -0.15) is 16.2 Å². The maximum Gasteiger partial charge on any atom is 0.304 e. The van der Waals surface area contributed by atoms with Crippen molar-refractivity contribution in [2.24, 2.45) is 0 Å². The molecule has 6 heteroatoms. The molecule has 0 fully saturated rings. The Balaban J connectivity index is 2.45. The van der Waals surface area contributed by atoms with Crippen LogP contribution in [0, 0.1) is 15.9 Å². The van der Waals surface area contributed by atoms with Crippen molar-refractivity contribution >= 4 is 23.1 Å². The fraction of sp³-hybridized carbons (Fsp3) is 0.455. The Hall–Kier alpha value is -1.30. The lowest BCUT2D eigenvalue weighted by atomic mass is 10.2. The minimum absolute atomic E-state index is 0.489. The van der Waals surface area contributed by atoms with Gasteiger partial charge in [0, 0.05) is 24.4 Å². The van der Waals surface area contributed by atoms with Crippen LogP contribution in [0.2, 0.25) is 0 Å². The van der Waals surface area contributed by atoms with Crippen LogP contribution in [0.5, 0.6) is 0 Å². The molecule has 94 valence electrons. The molecule has 1 aromatic rings. The molecule has 0 heterocycles. The zero-order valence-electron chi connectivity index (χ0n) is 9.61. The summed E-state index contributed by atoms with van der Waals surface area (Å²) in [6, 6.07) is 3.86. The summed E-state index contributed by atoms with van der Waals surface area (Å²) in [5, 5.41) is 13.4. The quantitative estimate of drug-likeness (QED) is 0.463. The highest BCUT2D eigenvalue weighted by Gasteiger charge is 2.13. The van der Waals surface area contributed by atoms with Gasteiger partial charge in [0.15, 0.2) is 0 Å². The number of rotatable bonds is 7.